The molecule has 0 aromatic heterocycles. The molecule has 1 amide bonds. The third kappa shape index (κ3) is 4.31. The molecule has 1 aromatic carbocycles. The van der Waals surface area contributed by atoms with E-state index in [2.05, 4.69) is 11.2 Å². The topological polar surface area (TPSA) is 38.3 Å². The predicted octanol–water partition coefficient (Wildman–Crippen LogP) is 3.15. The van der Waals surface area contributed by atoms with Crippen LogP contribution in [0.5, 0.6) is 5.75 Å². The van der Waals surface area contributed by atoms with E-state index in [-0.39, 0.29) is 12.5 Å². The molecule has 1 aliphatic rings. The second-order valence-corrected chi connectivity index (χ2v) is 5.18. The first kappa shape index (κ1) is 14.5. The fourth-order valence-corrected chi connectivity index (χ4v) is 2.52. The summed E-state index contributed by atoms with van der Waals surface area (Å²) in [4.78, 5) is 12.2. The first-order valence-electron chi connectivity index (χ1n) is 7.27. The highest BCUT2D eigenvalue weighted by molar-refractivity contribution is 5.94. The lowest BCUT2D eigenvalue weighted by atomic mass is 10.1. The van der Waals surface area contributed by atoms with Crippen molar-refractivity contribution in [3.8, 4) is 18.1 Å². The monoisotopic (exact) mass is 271 g/mol. The van der Waals surface area contributed by atoms with E-state index in [0.717, 1.165) is 12.8 Å². The van der Waals surface area contributed by atoms with Crippen molar-refractivity contribution in [1.82, 2.24) is 5.32 Å². The van der Waals surface area contributed by atoms with E-state index in [1.165, 1.54) is 25.7 Å². The summed E-state index contributed by atoms with van der Waals surface area (Å²) in [5.74, 6) is 3.10. The minimum absolute atomic E-state index is 0.000370. The third-order valence-electron chi connectivity index (χ3n) is 3.63. The fraction of sp³-hybridized carbons (Fsp3) is 0.471. The van der Waals surface area contributed by atoms with Gasteiger partial charge in [0.05, 0.1) is 0 Å². The number of hydrogen-bond donors (Lipinski definition) is 1. The number of carbonyl (C=O) groups is 1. The Morgan fingerprint density at radius 3 is 2.45 bits per heavy atom. The zero-order chi connectivity index (χ0) is 14.2. The second-order valence-electron chi connectivity index (χ2n) is 5.18. The summed E-state index contributed by atoms with van der Waals surface area (Å²) >= 11 is 0. The SMILES string of the molecule is C#CCOc1ccc(C(=O)NC2CCCCCC2)cc1. The zero-order valence-electron chi connectivity index (χ0n) is 11.7. The van der Waals surface area contributed by atoms with Gasteiger partial charge in [-0.25, -0.2) is 0 Å². The van der Waals surface area contributed by atoms with E-state index in [0.29, 0.717) is 17.4 Å². The molecule has 106 valence electrons. The van der Waals surface area contributed by atoms with Crippen LogP contribution < -0.4 is 10.1 Å². The highest BCUT2D eigenvalue weighted by Gasteiger charge is 2.15. The van der Waals surface area contributed by atoms with Gasteiger partial charge in [-0.05, 0) is 37.1 Å². The molecule has 3 nitrogen and oxygen atoms in total. The molecule has 3 heteroatoms. The Morgan fingerprint density at radius 2 is 1.85 bits per heavy atom. The number of amides is 1. The molecule has 0 radical (unpaired) electrons. The zero-order valence-corrected chi connectivity index (χ0v) is 11.7. The lowest BCUT2D eigenvalue weighted by molar-refractivity contribution is 0.0933. The van der Waals surface area contributed by atoms with Gasteiger partial charge in [0.2, 0.25) is 0 Å². The number of terminal acetylenes is 1. The molecule has 1 aromatic rings. The minimum atomic E-state index is 0.000370. The molecule has 0 aliphatic heterocycles. The van der Waals surface area contributed by atoms with E-state index in [1.54, 1.807) is 24.3 Å². The van der Waals surface area contributed by atoms with Gasteiger partial charge in [-0.15, -0.1) is 6.42 Å². The summed E-state index contributed by atoms with van der Waals surface area (Å²) in [5.41, 5.74) is 0.669. The van der Waals surface area contributed by atoms with Crippen LogP contribution in [0.4, 0.5) is 0 Å². The molecular weight excluding hydrogens is 250 g/mol. The lowest BCUT2D eigenvalue weighted by Crippen LogP contribution is -2.34. The summed E-state index contributed by atoms with van der Waals surface area (Å²) < 4.78 is 5.29. The van der Waals surface area contributed by atoms with E-state index >= 15 is 0 Å². The molecule has 2 rings (SSSR count). The van der Waals surface area contributed by atoms with Crippen molar-refractivity contribution < 1.29 is 9.53 Å². The van der Waals surface area contributed by atoms with Gasteiger partial charge in [-0.3, -0.25) is 4.79 Å². The molecule has 0 saturated heterocycles. The first-order chi connectivity index (χ1) is 9.79. The number of carbonyl (C=O) groups excluding carboxylic acids is 1. The molecule has 0 spiro atoms. The lowest BCUT2D eigenvalue weighted by Gasteiger charge is -2.16. The molecule has 20 heavy (non-hydrogen) atoms. The van der Waals surface area contributed by atoms with Gasteiger partial charge in [-0.1, -0.05) is 31.6 Å². The van der Waals surface area contributed by atoms with Crippen molar-refractivity contribution in [2.24, 2.45) is 0 Å². The van der Waals surface area contributed by atoms with Gasteiger partial charge >= 0.3 is 0 Å². The maximum Gasteiger partial charge on any atom is 0.251 e. The Balaban J connectivity index is 1.89. The Kier molecular flexibility index (Phi) is 5.49. The number of nitrogens with one attached hydrogen (secondary N) is 1. The maximum absolute atomic E-state index is 12.2. The van der Waals surface area contributed by atoms with Crippen LogP contribution in [0.1, 0.15) is 48.9 Å². The highest BCUT2D eigenvalue weighted by atomic mass is 16.5. The smallest absolute Gasteiger partial charge is 0.251 e. The quantitative estimate of drug-likeness (QED) is 0.675. The third-order valence-corrected chi connectivity index (χ3v) is 3.63. The first-order valence-corrected chi connectivity index (χ1v) is 7.27. The number of ether oxygens (including phenoxy) is 1. The summed E-state index contributed by atoms with van der Waals surface area (Å²) in [6.07, 6.45) is 12.3. The van der Waals surface area contributed by atoms with Crippen LogP contribution >= 0.6 is 0 Å². The fourth-order valence-electron chi connectivity index (χ4n) is 2.52. The van der Waals surface area contributed by atoms with Crippen molar-refractivity contribution in [1.29, 1.82) is 0 Å². The summed E-state index contributed by atoms with van der Waals surface area (Å²) in [6, 6.07) is 7.43. The largest absolute Gasteiger partial charge is 0.481 e. The van der Waals surface area contributed by atoms with Crippen molar-refractivity contribution in [2.75, 3.05) is 6.61 Å². The Bertz CT molecular complexity index is 465. The molecule has 1 N–H and O–H groups in total. The Labute approximate surface area is 120 Å². The Morgan fingerprint density at radius 1 is 1.20 bits per heavy atom. The molecule has 0 bridgehead atoms. The van der Waals surface area contributed by atoms with Gasteiger partial charge in [0, 0.05) is 11.6 Å². The van der Waals surface area contributed by atoms with Crippen LogP contribution in [-0.2, 0) is 0 Å². The Hall–Kier alpha value is -1.95. The maximum atomic E-state index is 12.2. The van der Waals surface area contributed by atoms with Gasteiger partial charge in [-0.2, -0.15) is 0 Å². The van der Waals surface area contributed by atoms with Gasteiger partial charge in [0.1, 0.15) is 12.4 Å². The average molecular weight is 271 g/mol. The van der Waals surface area contributed by atoms with Crippen molar-refractivity contribution in [2.45, 2.75) is 44.6 Å². The normalized spacial score (nSPS) is 15.9. The molecule has 0 unspecified atom stereocenters. The number of benzene rings is 1. The van der Waals surface area contributed by atoms with E-state index in [4.69, 9.17) is 11.2 Å². The van der Waals surface area contributed by atoms with E-state index < -0.39 is 0 Å². The molecule has 1 fully saturated rings. The standard InChI is InChI=1S/C17H21NO2/c1-2-13-20-16-11-9-14(10-12-16)17(19)18-15-7-5-3-4-6-8-15/h1,9-12,15H,3-8,13H2,(H,18,19). The van der Waals surface area contributed by atoms with Crippen molar-refractivity contribution >= 4 is 5.91 Å². The molecule has 1 saturated carbocycles. The van der Waals surface area contributed by atoms with Crippen LogP contribution in [-0.4, -0.2) is 18.6 Å². The number of hydrogen-bond acceptors (Lipinski definition) is 2. The van der Waals surface area contributed by atoms with Crippen molar-refractivity contribution in [3.05, 3.63) is 29.8 Å². The summed E-state index contributed by atoms with van der Waals surface area (Å²) in [7, 11) is 0. The molecule has 0 heterocycles. The van der Waals surface area contributed by atoms with Gasteiger partial charge in [0.25, 0.3) is 5.91 Å². The van der Waals surface area contributed by atoms with Crippen LogP contribution in [0.2, 0.25) is 0 Å². The second kappa shape index (κ2) is 7.59. The molecule has 1 aliphatic carbocycles. The predicted molar refractivity (Wildman–Crippen MR) is 79.7 cm³/mol. The van der Waals surface area contributed by atoms with Crippen LogP contribution in [0.15, 0.2) is 24.3 Å². The summed E-state index contributed by atoms with van der Waals surface area (Å²) in [6.45, 7) is 0.244. The van der Waals surface area contributed by atoms with Crippen LogP contribution in [0.25, 0.3) is 0 Å². The van der Waals surface area contributed by atoms with E-state index in [9.17, 15) is 4.79 Å². The van der Waals surface area contributed by atoms with Crippen molar-refractivity contribution in [3.63, 3.8) is 0 Å². The molecular formula is C17H21NO2. The highest BCUT2D eigenvalue weighted by Crippen LogP contribution is 2.18. The average Bonchev–Trinajstić information content (AvgIpc) is 2.74. The summed E-state index contributed by atoms with van der Waals surface area (Å²) in [5, 5.41) is 3.13. The van der Waals surface area contributed by atoms with Crippen LogP contribution in [0.3, 0.4) is 0 Å². The van der Waals surface area contributed by atoms with Crippen LogP contribution in [0, 0.1) is 12.3 Å². The van der Waals surface area contributed by atoms with E-state index in [1.807, 2.05) is 0 Å². The minimum Gasteiger partial charge on any atom is -0.481 e. The molecule has 0 atom stereocenters. The van der Waals surface area contributed by atoms with Gasteiger partial charge in [0.15, 0.2) is 0 Å². The number of rotatable bonds is 4. The van der Waals surface area contributed by atoms with Gasteiger partial charge < -0.3 is 10.1 Å².